The third-order valence-electron chi connectivity index (χ3n) is 4.25. The summed E-state index contributed by atoms with van der Waals surface area (Å²) in [6, 6.07) is 0.486. The highest BCUT2D eigenvalue weighted by Gasteiger charge is 2.17. The van der Waals surface area contributed by atoms with Gasteiger partial charge in [-0.15, -0.1) is 0 Å². The summed E-state index contributed by atoms with van der Waals surface area (Å²) in [5.74, 6) is 5.65. The predicted molar refractivity (Wildman–Crippen MR) is 81.9 cm³/mol. The lowest BCUT2D eigenvalue weighted by molar-refractivity contribution is 0.0992. The van der Waals surface area contributed by atoms with E-state index in [0.29, 0.717) is 12.1 Å². The zero-order valence-corrected chi connectivity index (χ0v) is 12.8. The zero-order chi connectivity index (χ0) is 13.8. The first-order chi connectivity index (χ1) is 9.36. The third kappa shape index (κ3) is 8.61. The van der Waals surface area contributed by atoms with Crippen LogP contribution in [0.5, 0.6) is 0 Å². The van der Waals surface area contributed by atoms with Gasteiger partial charge in [-0.25, -0.2) is 0 Å². The Labute approximate surface area is 119 Å². The summed E-state index contributed by atoms with van der Waals surface area (Å²) in [6.07, 6.45) is 16.2. The van der Waals surface area contributed by atoms with E-state index in [4.69, 9.17) is 10.6 Å². The van der Waals surface area contributed by atoms with Crippen molar-refractivity contribution in [2.24, 2.45) is 5.84 Å². The van der Waals surface area contributed by atoms with Crippen molar-refractivity contribution in [1.29, 1.82) is 0 Å². The molecule has 2 unspecified atom stereocenters. The molecule has 0 saturated carbocycles. The Balaban J connectivity index is 1.92. The van der Waals surface area contributed by atoms with Crippen LogP contribution in [0.1, 0.15) is 84.0 Å². The van der Waals surface area contributed by atoms with Crippen LogP contribution >= 0.6 is 0 Å². The molecule has 0 aromatic heterocycles. The summed E-state index contributed by atoms with van der Waals surface area (Å²) in [5.41, 5.74) is 2.98. The smallest absolute Gasteiger partial charge is 0.0576 e. The molecule has 0 amide bonds. The largest absolute Gasteiger partial charge is 0.378 e. The van der Waals surface area contributed by atoms with E-state index in [1.165, 1.54) is 70.6 Å². The quantitative estimate of drug-likeness (QED) is 0.321. The van der Waals surface area contributed by atoms with Gasteiger partial charge in [-0.3, -0.25) is 11.3 Å². The number of nitrogens with two attached hydrogens (primary N) is 1. The van der Waals surface area contributed by atoms with Crippen molar-refractivity contribution in [3.63, 3.8) is 0 Å². The topological polar surface area (TPSA) is 47.3 Å². The molecule has 1 fully saturated rings. The van der Waals surface area contributed by atoms with Crippen LogP contribution in [-0.4, -0.2) is 18.8 Å². The van der Waals surface area contributed by atoms with Gasteiger partial charge in [-0.05, 0) is 32.1 Å². The molecule has 0 aliphatic carbocycles. The van der Waals surface area contributed by atoms with Gasteiger partial charge in [-0.1, -0.05) is 51.9 Å². The summed E-state index contributed by atoms with van der Waals surface area (Å²) in [5, 5.41) is 0. The second-order valence-electron chi connectivity index (χ2n) is 5.99. The minimum absolute atomic E-state index is 0.486. The molecule has 1 aliphatic heterocycles. The van der Waals surface area contributed by atoms with Crippen LogP contribution in [0.2, 0.25) is 0 Å². The first-order valence-corrected chi connectivity index (χ1v) is 8.44. The van der Waals surface area contributed by atoms with Crippen LogP contribution in [0.3, 0.4) is 0 Å². The van der Waals surface area contributed by atoms with E-state index in [-0.39, 0.29) is 0 Å². The van der Waals surface area contributed by atoms with E-state index >= 15 is 0 Å². The van der Waals surface area contributed by atoms with E-state index in [1.807, 2.05) is 0 Å². The van der Waals surface area contributed by atoms with Crippen molar-refractivity contribution in [2.45, 2.75) is 96.1 Å². The van der Waals surface area contributed by atoms with Crippen LogP contribution in [-0.2, 0) is 4.74 Å². The fourth-order valence-electron chi connectivity index (χ4n) is 2.92. The molecule has 0 radical (unpaired) electrons. The van der Waals surface area contributed by atoms with Crippen LogP contribution in [0.15, 0.2) is 0 Å². The van der Waals surface area contributed by atoms with Gasteiger partial charge in [0.1, 0.15) is 0 Å². The average molecular weight is 270 g/mol. The minimum atomic E-state index is 0.486. The maximum absolute atomic E-state index is 5.66. The number of ether oxygens (including phenoxy) is 1. The van der Waals surface area contributed by atoms with Crippen LogP contribution in [0.4, 0.5) is 0 Å². The molecule has 1 rings (SSSR count). The highest BCUT2D eigenvalue weighted by Crippen LogP contribution is 2.19. The third-order valence-corrected chi connectivity index (χ3v) is 4.25. The summed E-state index contributed by atoms with van der Waals surface area (Å²) < 4.78 is 5.66. The van der Waals surface area contributed by atoms with Crippen molar-refractivity contribution in [2.75, 3.05) is 6.61 Å². The van der Waals surface area contributed by atoms with Crippen LogP contribution in [0, 0.1) is 0 Å². The SMILES string of the molecule is CCCCCCCCCC(CCC1CCCO1)NN. The van der Waals surface area contributed by atoms with Crippen LogP contribution in [0.25, 0.3) is 0 Å². The van der Waals surface area contributed by atoms with Gasteiger partial charge in [0.05, 0.1) is 6.10 Å². The Bertz CT molecular complexity index is 193. The Kier molecular flexibility index (Phi) is 10.4. The molecule has 0 aromatic rings. The van der Waals surface area contributed by atoms with Crippen molar-refractivity contribution < 1.29 is 4.74 Å². The van der Waals surface area contributed by atoms with Gasteiger partial charge >= 0.3 is 0 Å². The second kappa shape index (κ2) is 11.7. The van der Waals surface area contributed by atoms with E-state index in [0.717, 1.165) is 13.0 Å². The zero-order valence-electron chi connectivity index (χ0n) is 12.8. The Hall–Kier alpha value is -0.120. The van der Waals surface area contributed by atoms with E-state index in [9.17, 15) is 0 Å². The van der Waals surface area contributed by atoms with Gasteiger partial charge < -0.3 is 4.74 Å². The molecule has 1 aliphatic rings. The molecule has 19 heavy (non-hydrogen) atoms. The first kappa shape index (κ1) is 16.9. The second-order valence-corrected chi connectivity index (χ2v) is 5.99. The van der Waals surface area contributed by atoms with Crippen molar-refractivity contribution >= 4 is 0 Å². The summed E-state index contributed by atoms with van der Waals surface area (Å²) in [4.78, 5) is 0. The van der Waals surface area contributed by atoms with Gasteiger partial charge in [0.25, 0.3) is 0 Å². The molecule has 2 atom stereocenters. The summed E-state index contributed by atoms with van der Waals surface area (Å²) in [7, 11) is 0. The maximum atomic E-state index is 5.66. The number of nitrogens with one attached hydrogen (secondary N) is 1. The van der Waals surface area contributed by atoms with E-state index in [1.54, 1.807) is 0 Å². The monoisotopic (exact) mass is 270 g/mol. The molecule has 0 spiro atoms. The highest BCUT2D eigenvalue weighted by atomic mass is 16.5. The molecule has 1 saturated heterocycles. The molecule has 114 valence electrons. The summed E-state index contributed by atoms with van der Waals surface area (Å²) >= 11 is 0. The highest BCUT2D eigenvalue weighted by molar-refractivity contribution is 4.70. The van der Waals surface area contributed by atoms with Crippen molar-refractivity contribution in [3.05, 3.63) is 0 Å². The molecule has 3 nitrogen and oxygen atoms in total. The number of hydrogen-bond acceptors (Lipinski definition) is 3. The molecular weight excluding hydrogens is 236 g/mol. The normalized spacial score (nSPS) is 20.8. The fraction of sp³-hybridized carbons (Fsp3) is 1.00. The number of unbranched alkanes of at least 4 members (excludes halogenated alkanes) is 6. The van der Waals surface area contributed by atoms with Crippen LogP contribution < -0.4 is 11.3 Å². The number of hydrazine groups is 1. The Morgan fingerprint density at radius 3 is 2.47 bits per heavy atom. The number of rotatable bonds is 12. The first-order valence-electron chi connectivity index (χ1n) is 8.44. The molecule has 3 heteroatoms. The maximum Gasteiger partial charge on any atom is 0.0576 e. The van der Waals surface area contributed by atoms with Gasteiger partial charge in [0.2, 0.25) is 0 Å². The minimum Gasteiger partial charge on any atom is -0.378 e. The fourth-order valence-corrected chi connectivity index (χ4v) is 2.92. The molecule has 1 heterocycles. The standard InChI is InChI=1S/C16H34N2O/c1-2-3-4-5-6-7-8-10-15(18-17)12-13-16-11-9-14-19-16/h15-16,18H,2-14,17H2,1H3. The lowest BCUT2D eigenvalue weighted by Crippen LogP contribution is -2.35. The molecule has 0 bridgehead atoms. The predicted octanol–water partition coefficient (Wildman–Crippen LogP) is 3.92. The Morgan fingerprint density at radius 2 is 1.84 bits per heavy atom. The summed E-state index contributed by atoms with van der Waals surface area (Å²) in [6.45, 7) is 3.23. The molecular formula is C16H34N2O. The lowest BCUT2D eigenvalue weighted by Gasteiger charge is -2.17. The van der Waals surface area contributed by atoms with E-state index < -0.39 is 0 Å². The van der Waals surface area contributed by atoms with Gasteiger partial charge in [-0.2, -0.15) is 0 Å². The van der Waals surface area contributed by atoms with E-state index in [2.05, 4.69) is 12.3 Å². The average Bonchev–Trinajstić information content (AvgIpc) is 2.94. The van der Waals surface area contributed by atoms with Gasteiger partial charge in [0, 0.05) is 12.6 Å². The Morgan fingerprint density at radius 1 is 1.11 bits per heavy atom. The van der Waals surface area contributed by atoms with Crippen molar-refractivity contribution in [3.8, 4) is 0 Å². The molecule has 0 aromatic carbocycles. The number of hydrogen-bond donors (Lipinski definition) is 2. The van der Waals surface area contributed by atoms with Gasteiger partial charge in [0.15, 0.2) is 0 Å². The molecule has 3 N–H and O–H groups in total. The van der Waals surface area contributed by atoms with Crippen molar-refractivity contribution in [1.82, 2.24) is 5.43 Å². The lowest BCUT2D eigenvalue weighted by atomic mass is 10.0.